The zero-order chi connectivity index (χ0) is 23.8. The summed E-state index contributed by atoms with van der Waals surface area (Å²) in [6, 6.07) is 12.4. The van der Waals surface area contributed by atoms with Crippen molar-refractivity contribution in [3.05, 3.63) is 64.9 Å². The van der Waals surface area contributed by atoms with E-state index in [9.17, 15) is 14.4 Å². The number of amides is 3. The number of nitrogens with zero attached hydrogens (tertiary/aromatic N) is 2. The van der Waals surface area contributed by atoms with Crippen molar-refractivity contribution < 1.29 is 19.5 Å². The topological polar surface area (TPSA) is 90.0 Å². The minimum atomic E-state index is -0.919. The summed E-state index contributed by atoms with van der Waals surface area (Å²) in [5, 5.41) is 12.2. The first-order valence-corrected chi connectivity index (χ1v) is 11.9. The summed E-state index contributed by atoms with van der Waals surface area (Å²) in [5.41, 5.74) is 5.99. The summed E-state index contributed by atoms with van der Waals surface area (Å²) in [6.45, 7) is 3.36. The fraction of sp³-hybridized carbons (Fsp3) is 0.370. The lowest BCUT2D eigenvalue weighted by molar-refractivity contribution is -0.134. The third-order valence-corrected chi connectivity index (χ3v) is 7.04. The van der Waals surface area contributed by atoms with E-state index in [1.54, 1.807) is 4.90 Å². The monoisotopic (exact) mass is 459 g/mol. The van der Waals surface area contributed by atoms with Crippen LogP contribution in [0.3, 0.4) is 0 Å². The van der Waals surface area contributed by atoms with E-state index in [0.29, 0.717) is 44.1 Å². The zero-order valence-electron chi connectivity index (χ0n) is 19.3. The van der Waals surface area contributed by atoms with Gasteiger partial charge in [-0.15, -0.1) is 0 Å². The number of carbonyl (C=O) groups is 3. The van der Waals surface area contributed by atoms with Crippen LogP contribution >= 0.6 is 0 Å². The summed E-state index contributed by atoms with van der Waals surface area (Å²) in [4.78, 5) is 39.8. The fourth-order valence-corrected chi connectivity index (χ4v) is 4.74. The second kappa shape index (κ2) is 8.97. The molecule has 3 aliphatic rings. The highest BCUT2D eigenvalue weighted by atomic mass is 16.4. The van der Waals surface area contributed by atoms with Crippen LogP contribution in [0.15, 0.2) is 42.6 Å². The smallest absolute Gasteiger partial charge is 0.407 e. The Hall–Kier alpha value is -3.61. The molecule has 0 atom stereocenters. The lowest BCUT2D eigenvalue weighted by atomic mass is 9.92. The molecule has 34 heavy (non-hydrogen) atoms. The number of likely N-dealkylation sites (tertiary alicyclic amines) is 1. The predicted octanol–water partition coefficient (Wildman–Crippen LogP) is 4.26. The number of piperidine rings is 1. The highest BCUT2D eigenvalue weighted by Gasteiger charge is 2.30. The second-order valence-corrected chi connectivity index (χ2v) is 9.52. The number of fused-ring (bicyclic) bond motifs is 1. The van der Waals surface area contributed by atoms with Gasteiger partial charge in [0.2, 0.25) is 5.91 Å². The number of carboxylic acid groups (broad SMARTS) is 1. The Labute approximate surface area is 199 Å². The molecular weight excluding hydrogens is 430 g/mol. The summed E-state index contributed by atoms with van der Waals surface area (Å²) in [7, 11) is 0. The molecule has 1 saturated heterocycles. The van der Waals surface area contributed by atoms with Gasteiger partial charge < -0.3 is 20.2 Å². The van der Waals surface area contributed by atoms with Crippen molar-refractivity contribution in [3.8, 4) is 11.1 Å². The number of hydrogen-bond acceptors (Lipinski definition) is 3. The van der Waals surface area contributed by atoms with Crippen molar-refractivity contribution in [1.82, 2.24) is 15.1 Å². The average molecular weight is 460 g/mol. The molecule has 3 amide bonds. The first-order chi connectivity index (χ1) is 16.4. The zero-order valence-corrected chi connectivity index (χ0v) is 19.3. The number of nitrogens with one attached hydrogen (secondary N) is 1. The first-order valence-electron chi connectivity index (χ1n) is 11.9. The lowest BCUT2D eigenvalue weighted by Gasteiger charge is -2.33. The van der Waals surface area contributed by atoms with Crippen LogP contribution in [0, 0.1) is 12.8 Å². The quantitative estimate of drug-likeness (QED) is 0.715. The number of hydrogen-bond donors (Lipinski definition) is 2. The Bertz CT molecular complexity index is 1180. The largest absolute Gasteiger partial charge is 0.465 e. The molecule has 5 rings (SSSR count). The van der Waals surface area contributed by atoms with Crippen molar-refractivity contribution in [2.75, 3.05) is 13.1 Å². The first kappa shape index (κ1) is 22.2. The van der Waals surface area contributed by atoms with Gasteiger partial charge in [0.15, 0.2) is 0 Å². The Morgan fingerprint density at radius 3 is 2.47 bits per heavy atom. The van der Waals surface area contributed by atoms with Crippen molar-refractivity contribution >= 4 is 24.0 Å². The molecule has 2 fully saturated rings. The number of rotatable bonds is 4. The van der Waals surface area contributed by atoms with Crippen molar-refractivity contribution in [2.45, 2.75) is 45.2 Å². The molecule has 0 aromatic heterocycles. The van der Waals surface area contributed by atoms with Crippen molar-refractivity contribution in [2.24, 2.45) is 5.92 Å². The predicted molar refractivity (Wildman–Crippen MR) is 129 cm³/mol. The van der Waals surface area contributed by atoms with Gasteiger partial charge in [-0.05, 0) is 84.7 Å². The van der Waals surface area contributed by atoms with E-state index in [-0.39, 0.29) is 17.7 Å². The SMILES string of the molecule is Cc1ccc(C(=O)NC2CC2)cc1-c1ccc2c(c1)C=CN(C(=O)C1CCN(C(=O)O)CC1)C2. The molecule has 7 heteroatoms. The Kier molecular flexibility index (Phi) is 5.86. The highest BCUT2D eigenvalue weighted by molar-refractivity contribution is 5.96. The normalized spacial score (nSPS) is 17.9. The number of carbonyl (C=O) groups excluding carboxylic acids is 2. The molecule has 2 aliphatic heterocycles. The summed E-state index contributed by atoms with van der Waals surface area (Å²) in [6.07, 6.45) is 6.12. The Morgan fingerprint density at radius 2 is 1.76 bits per heavy atom. The molecule has 2 N–H and O–H groups in total. The molecule has 176 valence electrons. The lowest BCUT2D eigenvalue weighted by Crippen LogP contribution is -2.42. The van der Waals surface area contributed by atoms with Gasteiger partial charge in [-0.1, -0.05) is 18.2 Å². The van der Waals surface area contributed by atoms with Gasteiger partial charge in [0.05, 0.1) is 6.54 Å². The molecule has 2 aromatic rings. The molecule has 2 aromatic carbocycles. The molecule has 0 unspecified atom stereocenters. The number of aryl methyl sites for hydroxylation is 1. The minimum absolute atomic E-state index is 0.0232. The maximum Gasteiger partial charge on any atom is 0.407 e. The van der Waals surface area contributed by atoms with Crippen LogP contribution in [0.1, 0.15) is 52.7 Å². The van der Waals surface area contributed by atoms with Crippen LogP contribution < -0.4 is 5.32 Å². The minimum Gasteiger partial charge on any atom is -0.465 e. The standard InChI is InChI=1S/C27H29N3O4/c1-17-2-3-21(25(31)28-23-6-7-23)15-24(17)20-4-5-22-16-30(13-10-19(22)14-20)26(32)18-8-11-29(12-9-18)27(33)34/h2-5,10,13-15,18,23H,6-9,11-12,16H2,1H3,(H,28,31)(H,33,34). The van der Waals surface area contributed by atoms with Crippen LogP contribution in [0.2, 0.25) is 0 Å². The molecular formula is C27H29N3O4. The van der Waals surface area contributed by atoms with Gasteiger partial charge in [-0.3, -0.25) is 9.59 Å². The van der Waals surface area contributed by atoms with E-state index in [1.807, 2.05) is 37.4 Å². The molecule has 1 saturated carbocycles. The maximum absolute atomic E-state index is 13.0. The van der Waals surface area contributed by atoms with Crippen LogP contribution in [0.4, 0.5) is 4.79 Å². The second-order valence-electron chi connectivity index (χ2n) is 9.52. The van der Waals surface area contributed by atoms with E-state index in [0.717, 1.165) is 40.7 Å². The van der Waals surface area contributed by atoms with E-state index in [4.69, 9.17) is 5.11 Å². The van der Waals surface area contributed by atoms with E-state index >= 15 is 0 Å². The summed E-state index contributed by atoms with van der Waals surface area (Å²) < 4.78 is 0. The van der Waals surface area contributed by atoms with Crippen LogP contribution in [-0.2, 0) is 11.3 Å². The van der Waals surface area contributed by atoms with Crippen LogP contribution in [0.5, 0.6) is 0 Å². The third kappa shape index (κ3) is 4.55. The van der Waals surface area contributed by atoms with Gasteiger partial charge >= 0.3 is 6.09 Å². The van der Waals surface area contributed by atoms with E-state index < -0.39 is 6.09 Å². The number of benzene rings is 2. The van der Waals surface area contributed by atoms with E-state index in [2.05, 4.69) is 23.5 Å². The van der Waals surface area contributed by atoms with Gasteiger partial charge in [0.1, 0.15) is 0 Å². The third-order valence-electron chi connectivity index (χ3n) is 7.04. The average Bonchev–Trinajstić information content (AvgIpc) is 3.67. The Balaban J connectivity index is 1.30. The van der Waals surface area contributed by atoms with Crippen molar-refractivity contribution in [1.29, 1.82) is 0 Å². The van der Waals surface area contributed by atoms with Crippen LogP contribution in [-0.4, -0.2) is 51.9 Å². The highest BCUT2D eigenvalue weighted by Crippen LogP contribution is 2.31. The molecule has 0 bridgehead atoms. The maximum atomic E-state index is 13.0. The Morgan fingerprint density at radius 1 is 1.00 bits per heavy atom. The molecule has 1 aliphatic carbocycles. The molecule has 0 spiro atoms. The molecule has 7 nitrogen and oxygen atoms in total. The van der Waals surface area contributed by atoms with Gasteiger partial charge in [0, 0.05) is 36.8 Å². The van der Waals surface area contributed by atoms with Gasteiger partial charge in [-0.25, -0.2) is 4.79 Å². The summed E-state index contributed by atoms with van der Waals surface area (Å²) >= 11 is 0. The summed E-state index contributed by atoms with van der Waals surface area (Å²) in [5.74, 6) is -0.112. The van der Waals surface area contributed by atoms with Gasteiger partial charge in [-0.2, -0.15) is 0 Å². The van der Waals surface area contributed by atoms with Crippen LogP contribution in [0.25, 0.3) is 17.2 Å². The fourth-order valence-electron chi connectivity index (χ4n) is 4.74. The van der Waals surface area contributed by atoms with E-state index in [1.165, 1.54) is 4.90 Å². The van der Waals surface area contributed by atoms with Gasteiger partial charge in [0.25, 0.3) is 5.91 Å². The molecule has 2 heterocycles. The van der Waals surface area contributed by atoms with Crippen molar-refractivity contribution in [3.63, 3.8) is 0 Å². The molecule has 0 radical (unpaired) electrons.